The summed E-state index contributed by atoms with van der Waals surface area (Å²) in [6.07, 6.45) is -1.38. The first-order valence-corrected chi connectivity index (χ1v) is 7.86. The molecule has 0 radical (unpaired) electrons. The second-order valence-corrected chi connectivity index (χ2v) is 5.73. The SMILES string of the molecule is COc1nccnc1O[C@H]1CCN(C(=O)c2cccc(C(F)(F)F)c2)C1. The summed E-state index contributed by atoms with van der Waals surface area (Å²) in [4.78, 5) is 22.0. The van der Waals surface area contributed by atoms with Crippen molar-refractivity contribution in [3.05, 3.63) is 47.8 Å². The van der Waals surface area contributed by atoms with Crippen LogP contribution in [-0.4, -0.2) is 47.1 Å². The highest BCUT2D eigenvalue weighted by Gasteiger charge is 2.33. The van der Waals surface area contributed by atoms with Gasteiger partial charge in [0.15, 0.2) is 0 Å². The molecule has 1 saturated heterocycles. The van der Waals surface area contributed by atoms with E-state index in [1.165, 1.54) is 36.5 Å². The number of hydrogen-bond donors (Lipinski definition) is 0. The third kappa shape index (κ3) is 3.87. The van der Waals surface area contributed by atoms with Crippen LogP contribution in [0.1, 0.15) is 22.3 Å². The molecule has 1 fully saturated rings. The van der Waals surface area contributed by atoms with E-state index >= 15 is 0 Å². The average molecular weight is 367 g/mol. The molecule has 9 heteroatoms. The van der Waals surface area contributed by atoms with Gasteiger partial charge in [-0.1, -0.05) is 6.07 Å². The van der Waals surface area contributed by atoms with E-state index in [0.29, 0.717) is 13.0 Å². The summed E-state index contributed by atoms with van der Waals surface area (Å²) in [6, 6.07) is 4.40. The Morgan fingerprint density at radius 3 is 2.65 bits per heavy atom. The van der Waals surface area contributed by atoms with E-state index in [0.717, 1.165) is 12.1 Å². The summed E-state index contributed by atoms with van der Waals surface area (Å²) in [5.74, 6) is -0.0168. The first-order chi connectivity index (χ1) is 12.4. The number of carbonyl (C=O) groups excluding carboxylic acids is 1. The van der Waals surface area contributed by atoms with Gasteiger partial charge in [-0.15, -0.1) is 0 Å². The Hall–Kier alpha value is -2.84. The maximum Gasteiger partial charge on any atom is 0.416 e. The number of benzene rings is 1. The average Bonchev–Trinajstić information content (AvgIpc) is 3.09. The Morgan fingerprint density at radius 1 is 1.23 bits per heavy atom. The summed E-state index contributed by atoms with van der Waals surface area (Å²) >= 11 is 0. The predicted octanol–water partition coefficient (Wildman–Crippen LogP) is 2.80. The molecule has 26 heavy (non-hydrogen) atoms. The molecular weight excluding hydrogens is 351 g/mol. The van der Waals surface area contributed by atoms with E-state index in [2.05, 4.69) is 9.97 Å². The predicted molar refractivity (Wildman–Crippen MR) is 85.0 cm³/mol. The van der Waals surface area contributed by atoms with Crippen molar-refractivity contribution in [2.75, 3.05) is 20.2 Å². The van der Waals surface area contributed by atoms with Crippen molar-refractivity contribution in [3.63, 3.8) is 0 Å². The Labute approximate surface area is 147 Å². The largest absolute Gasteiger partial charge is 0.477 e. The summed E-state index contributed by atoms with van der Waals surface area (Å²) < 4.78 is 49.2. The smallest absolute Gasteiger partial charge is 0.416 e. The number of halogens is 3. The number of hydrogen-bond acceptors (Lipinski definition) is 5. The van der Waals surface area contributed by atoms with Crippen LogP contribution in [0.2, 0.25) is 0 Å². The van der Waals surface area contributed by atoms with Gasteiger partial charge >= 0.3 is 6.18 Å². The molecule has 0 spiro atoms. The molecule has 1 aromatic carbocycles. The second-order valence-electron chi connectivity index (χ2n) is 5.73. The maximum atomic E-state index is 12.8. The highest BCUT2D eigenvalue weighted by atomic mass is 19.4. The van der Waals surface area contributed by atoms with Gasteiger partial charge in [-0.3, -0.25) is 4.79 Å². The van der Waals surface area contributed by atoms with Gasteiger partial charge in [-0.05, 0) is 18.2 Å². The van der Waals surface area contributed by atoms with Gasteiger partial charge in [-0.2, -0.15) is 13.2 Å². The van der Waals surface area contributed by atoms with Gasteiger partial charge in [0.25, 0.3) is 17.7 Å². The van der Waals surface area contributed by atoms with Gasteiger partial charge in [-0.25, -0.2) is 9.97 Å². The van der Waals surface area contributed by atoms with Crippen molar-refractivity contribution < 1.29 is 27.4 Å². The van der Waals surface area contributed by atoms with Crippen LogP contribution in [0, 0.1) is 0 Å². The first kappa shape index (κ1) is 18.0. The van der Waals surface area contributed by atoms with Gasteiger partial charge in [0.05, 0.1) is 19.2 Å². The second kappa shape index (κ2) is 7.19. The molecule has 1 aliphatic rings. The molecule has 0 unspecified atom stereocenters. The fourth-order valence-corrected chi connectivity index (χ4v) is 2.71. The highest BCUT2D eigenvalue weighted by molar-refractivity contribution is 5.94. The van der Waals surface area contributed by atoms with E-state index in [-0.39, 0.29) is 30.0 Å². The Kier molecular flexibility index (Phi) is 4.97. The fraction of sp³-hybridized carbons (Fsp3) is 0.353. The summed E-state index contributed by atoms with van der Waals surface area (Å²) in [6.45, 7) is 0.622. The number of ether oxygens (including phenoxy) is 2. The summed E-state index contributed by atoms with van der Waals surface area (Å²) in [5.41, 5.74) is -0.850. The third-order valence-corrected chi connectivity index (χ3v) is 3.97. The van der Waals surface area contributed by atoms with Crippen LogP contribution >= 0.6 is 0 Å². The van der Waals surface area contributed by atoms with Crippen LogP contribution in [0.4, 0.5) is 13.2 Å². The third-order valence-electron chi connectivity index (χ3n) is 3.97. The highest BCUT2D eigenvalue weighted by Crippen LogP contribution is 2.30. The van der Waals surface area contributed by atoms with Gasteiger partial charge in [0.1, 0.15) is 6.10 Å². The lowest BCUT2D eigenvalue weighted by molar-refractivity contribution is -0.137. The first-order valence-electron chi connectivity index (χ1n) is 7.86. The van der Waals surface area contributed by atoms with Gasteiger partial charge in [0, 0.05) is 30.9 Å². The van der Waals surface area contributed by atoms with Crippen LogP contribution in [0.5, 0.6) is 11.8 Å². The Morgan fingerprint density at radius 2 is 1.96 bits per heavy atom. The van der Waals surface area contributed by atoms with E-state index in [9.17, 15) is 18.0 Å². The number of alkyl halides is 3. The number of amides is 1. The number of nitrogens with zero attached hydrogens (tertiary/aromatic N) is 3. The van der Waals surface area contributed by atoms with Crippen LogP contribution in [0.25, 0.3) is 0 Å². The van der Waals surface area contributed by atoms with E-state index < -0.39 is 17.6 Å². The lowest BCUT2D eigenvalue weighted by atomic mass is 10.1. The molecule has 1 aromatic heterocycles. The van der Waals surface area contributed by atoms with Gasteiger partial charge < -0.3 is 14.4 Å². The Balaban J connectivity index is 1.68. The molecule has 0 saturated carbocycles. The molecule has 1 atom stereocenters. The van der Waals surface area contributed by atoms with Crippen LogP contribution < -0.4 is 9.47 Å². The summed E-state index contributed by atoms with van der Waals surface area (Å²) in [5, 5.41) is 0. The van der Waals surface area contributed by atoms with Crippen molar-refractivity contribution in [1.82, 2.24) is 14.9 Å². The minimum Gasteiger partial charge on any atom is -0.477 e. The Bertz CT molecular complexity index is 798. The lowest BCUT2D eigenvalue weighted by Crippen LogP contribution is -2.31. The molecule has 0 bridgehead atoms. The molecule has 3 rings (SSSR count). The van der Waals surface area contributed by atoms with E-state index in [1.54, 1.807) is 0 Å². The number of rotatable bonds is 4. The number of likely N-dealkylation sites (tertiary alicyclic amines) is 1. The minimum absolute atomic E-state index is 0.00226. The zero-order valence-electron chi connectivity index (χ0n) is 13.9. The number of carbonyl (C=O) groups is 1. The molecule has 6 nitrogen and oxygen atoms in total. The number of aromatic nitrogens is 2. The maximum absolute atomic E-state index is 12.8. The molecule has 0 aliphatic carbocycles. The van der Waals surface area contributed by atoms with E-state index in [1.807, 2.05) is 0 Å². The topological polar surface area (TPSA) is 64.6 Å². The zero-order valence-corrected chi connectivity index (χ0v) is 13.9. The molecule has 1 amide bonds. The molecule has 1 aliphatic heterocycles. The van der Waals surface area contributed by atoms with Crippen molar-refractivity contribution in [3.8, 4) is 11.8 Å². The van der Waals surface area contributed by atoms with Crippen molar-refractivity contribution in [1.29, 1.82) is 0 Å². The standard InChI is InChI=1S/C17H16F3N3O3/c1-25-14-15(22-7-6-21-14)26-13-5-8-23(10-13)16(24)11-3-2-4-12(9-11)17(18,19)20/h2-4,6-7,9,13H,5,8,10H2,1H3/t13-/m0/s1. The van der Waals surface area contributed by atoms with Crippen molar-refractivity contribution in [2.45, 2.75) is 18.7 Å². The molecular formula is C17H16F3N3O3. The normalized spacial score (nSPS) is 17.2. The fourth-order valence-electron chi connectivity index (χ4n) is 2.71. The van der Waals surface area contributed by atoms with Crippen molar-refractivity contribution in [2.24, 2.45) is 0 Å². The zero-order chi connectivity index (χ0) is 18.7. The number of methoxy groups -OCH3 is 1. The van der Waals surface area contributed by atoms with Crippen molar-refractivity contribution >= 4 is 5.91 Å². The molecule has 2 heterocycles. The lowest BCUT2D eigenvalue weighted by Gasteiger charge is -2.18. The molecule has 138 valence electrons. The summed E-state index contributed by atoms with van der Waals surface area (Å²) in [7, 11) is 1.44. The van der Waals surface area contributed by atoms with Crippen LogP contribution in [0.15, 0.2) is 36.7 Å². The monoisotopic (exact) mass is 367 g/mol. The van der Waals surface area contributed by atoms with Crippen LogP contribution in [-0.2, 0) is 6.18 Å². The van der Waals surface area contributed by atoms with Crippen LogP contribution in [0.3, 0.4) is 0 Å². The minimum atomic E-state index is -4.49. The molecule has 2 aromatic rings. The quantitative estimate of drug-likeness (QED) is 0.832. The van der Waals surface area contributed by atoms with E-state index in [4.69, 9.17) is 9.47 Å². The molecule has 0 N–H and O–H groups in total. The van der Waals surface area contributed by atoms with Gasteiger partial charge in [0.2, 0.25) is 0 Å².